The van der Waals surface area contributed by atoms with E-state index < -0.39 is 17.9 Å². The second kappa shape index (κ2) is 15.8. The molecule has 0 amide bonds. The van der Waals surface area contributed by atoms with Crippen LogP contribution in [0, 0.1) is 11.8 Å². The topological polar surface area (TPSA) is 88.1 Å². The lowest BCUT2D eigenvalue weighted by Gasteiger charge is -2.28. The van der Waals surface area contributed by atoms with Gasteiger partial charge in [0.2, 0.25) is 0 Å². The minimum atomic E-state index is -0.637. The molecule has 2 aromatic rings. The first kappa shape index (κ1) is 29.2. The summed E-state index contributed by atoms with van der Waals surface area (Å²) in [5.74, 6) is 6.00. The lowest BCUT2D eigenvalue weighted by atomic mass is 9.82. The molecule has 0 saturated heterocycles. The Bertz CT molecular complexity index is 1180. The van der Waals surface area contributed by atoms with Gasteiger partial charge in [0.1, 0.15) is 11.9 Å². The molecule has 1 aliphatic carbocycles. The maximum atomic E-state index is 11.8. The first-order valence-electron chi connectivity index (χ1n) is 13.1. The number of rotatable bonds is 12. The van der Waals surface area contributed by atoms with E-state index in [2.05, 4.69) is 37.1 Å². The Morgan fingerprint density at radius 3 is 1.95 bits per heavy atom. The number of esters is 3. The summed E-state index contributed by atoms with van der Waals surface area (Å²) in [7, 11) is 0. The predicted octanol–water partition coefficient (Wildman–Crippen LogP) is 5.27. The van der Waals surface area contributed by atoms with Crippen molar-refractivity contribution in [1.29, 1.82) is 0 Å². The fourth-order valence-electron chi connectivity index (χ4n) is 4.17. The molecular formula is C32H34O7. The van der Waals surface area contributed by atoms with E-state index in [1.165, 1.54) is 5.56 Å². The summed E-state index contributed by atoms with van der Waals surface area (Å²) >= 11 is 0. The monoisotopic (exact) mass is 530 g/mol. The van der Waals surface area contributed by atoms with Crippen LogP contribution in [0.2, 0.25) is 0 Å². The average molecular weight is 531 g/mol. The lowest BCUT2D eigenvalue weighted by molar-refractivity contribution is -0.161. The Balaban J connectivity index is 1.38. The van der Waals surface area contributed by atoms with Gasteiger partial charge in [-0.2, -0.15) is 0 Å². The molecule has 7 heteroatoms. The molecule has 0 radical (unpaired) electrons. The molecule has 0 N–H and O–H groups in total. The third-order valence-corrected chi connectivity index (χ3v) is 6.28. The summed E-state index contributed by atoms with van der Waals surface area (Å²) in [6.45, 7) is 7.17. The molecule has 0 atom stereocenters. The summed E-state index contributed by atoms with van der Waals surface area (Å²) in [6.07, 6.45) is 6.94. The van der Waals surface area contributed by atoms with Gasteiger partial charge < -0.3 is 18.9 Å². The number of hydrogen-bond donors (Lipinski definition) is 0. The van der Waals surface area contributed by atoms with E-state index in [0.717, 1.165) is 67.6 Å². The number of carbonyl (C=O) groups is 3. The Hall–Kier alpha value is -4.31. The Labute approximate surface area is 229 Å². The molecule has 3 rings (SSSR count). The van der Waals surface area contributed by atoms with Crippen LogP contribution < -0.4 is 4.74 Å². The van der Waals surface area contributed by atoms with Crippen LogP contribution in [0.25, 0.3) is 0 Å². The second-order valence-corrected chi connectivity index (χ2v) is 9.10. The van der Waals surface area contributed by atoms with E-state index in [-0.39, 0.29) is 12.7 Å². The minimum Gasteiger partial charge on any atom is -0.494 e. The summed E-state index contributed by atoms with van der Waals surface area (Å²) in [5, 5.41) is 0. The van der Waals surface area contributed by atoms with Crippen LogP contribution in [0.1, 0.15) is 61.1 Å². The molecule has 0 aliphatic heterocycles. The van der Waals surface area contributed by atoms with Gasteiger partial charge in [-0.3, -0.25) is 0 Å². The predicted molar refractivity (Wildman–Crippen MR) is 147 cm³/mol. The molecule has 2 aromatic carbocycles. The van der Waals surface area contributed by atoms with E-state index >= 15 is 0 Å². The number of ether oxygens (including phenoxy) is 4. The highest BCUT2D eigenvalue weighted by Gasteiger charge is 2.25. The van der Waals surface area contributed by atoms with Crippen molar-refractivity contribution in [3.05, 3.63) is 90.5 Å². The highest BCUT2D eigenvalue weighted by atomic mass is 16.6. The van der Waals surface area contributed by atoms with E-state index in [4.69, 9.17) is 18.9 Å². The van der Waals surface area contributed by atoms with Crippen LogP contribution in [0.3, 0.4) is 0 Å². The third-order valence-electron chi connectivity index (χ3n) is 6.28. The zero-order chi connectivity index (χ0) is 27.9. The van der Waals surface area contributed by atoms with Gasteiger partial charge in [0.15, 0.2) is 6.61 Å². The molecule has 0 heterocycles. The zero-order valence-electron chi connectivity index (χ0n) is 22.1. The van der Waals surface area contributed by atoms with E-state index in [0.29, 0.717) is 19.1 Å². The van der Waals surface area contributed by atoms with Gasteiger partial charge >= 0.3 is 17.9 Å². The highest BCUT2D eigenvalue weighted by Crippen LogP contribution is 2.34. The van der Waals surface area contributed by atoms with Crippen molar-refractivity contribution in [2.75, 3.05) is 19.8 Å². The molecule has 1 saturated carbocycles. The molecule has 0 spiro atoms. The Morgan fingerprint density at radius 1 is 0.769 bits per heavy atom. The highest BCUT2D eigenvalue weighted by molar-refractivity contribution is 5.83. The van der Waals surface area contributed by atoms with Crippen molar-refractivity contribution < 1.29 is 33.3 Å². The standard InChI is InChI=1S/C32H34O7/c1-3-30(33)37-22-6-5-21-36-28-17-11-25(12-18-28)8-7-24-9-13-26(14-10-24)27-15-19-29(20-16-27)39-32(35)23-38-31(34)4-2/h3-4,9-14,17-18,27,29H,1-2,5-6,15-16,19-23H2. The molecule has 39 heavy (non-hydrogen) atoms. The Kier molecular flexibility index (Phi) is 11.9. The maximum Gasteiger partial charge on any atom is 0.344 e. The first-order valence-corrected chi connectivity index (χ1v) is 13.1. The van der Waals surface area contributed by atoms with Crippen molar-refractivity contribution in [1.82, 2.24) is 0 Å². The summed E-state index contributed by atoms with van der Waals surface area (Å²) in [6, 6.07) is 15.9. The number of hydrogen-bond acceptors (Lipinski definition) is 7. The Morgan fingerprint density at radius 2 is 1.33 bits per heavy atom. The lowest BCUT2D eigenvalue weighted by Crippen LogP contribution is -2.26. The van der Waals surface area contributed by atoms with E-state index in [1.807, 2.05) is 36.4 Å². The number of carbonyl (C=O) groups excluding carboxylic acids is 3. The molecule has 204 valence electrons. The maximum absolute atomic E-state index is 11.8. The van der Waals surface area contributed by atoms with Gasteiger partial charge in [-0.05, 0) is 86.4 Å². The molecule has 0 unspecified atom stereocenters. The van der Waals surface area contributed by atoms with Gasteiger partial charge in [0, 0.05) is 23.3 Å². The molecular weight excluding hydrogens is 496 g/mol. The number of benzene rings is 2. The van der Waals surface area contributed by atoms with Crippen LogP contribution in [-0.4, -0.2) is 43.8 Å². The zero-order valence-corrected chi connectivity index (χ0v) is 22.1. The van der Waals surface area contributed by atoms with E-state index in [9.17, 15) is 14.4 Å². The summed E-state index contributed by atoms with van der Waals surface area (Å²) in [5.41, 5.74) is 3.09. The largest absolute Gasteiger partial charge is 0.494 e. The molecule has 1 aliphatic rings. The molecule has 7 nitrogen and oxygen atoms in total. The van der Waals surface area contributed by atoms with Crippen molar-refractivity contribution in [2.24, 2.45) is 0 Å². The summed E-state index contributed by atoms with van der Waals surface area (Å²) < 4.78 is 20.8. The van der Waals surface area contributed by atoms with Gasteiger partial charge in [-0.1, -0.05) is 37.1 Å². The summed E-state index contributed by atoms with van der Waals surface area (Å²) in [4.78, 5) is 33.9. The van der Waals surface area contributed by atoms with Gasteiger partial charge in [0.05, 0.1) is 13.2 Å². The van der Waals surface area contributed by atoms with Crippen molar-refractivity contribution >= 4 is 17.9 Å². The fraction of sp³-hybridized carbons (Fsp3) is 0.344. The van der Waals surface area contributed by atoms with Crippen molar-refractivity contribution in [3.8, 4) is 17.6 Å². The number of unbranched alkanes of at least 4 members (excludes halogenated alkanes) is 1. The smallest absolute Gasteiger partial charge is 0.344 e. The van der Waals surface area contributed by atoms with Crippen LogP contribution in [0.5, 0.6) is 5.75 Å². The van der Waals surface area contributed by atoms with Crippen LogP contribution in [0.4, 0.5) is 0 Å². The molecule has 0 aromatic heterocycles. The molecule has 0 bridgehead atoms. The minimum absolute atomic E-state index is 0.146. The van der Waals surface area contributed by atoms with Crippen LogP contribution in [0.15, 0.2) is 73.8 Å². The van der Waals surface area contributed by atoms with E-state index in [1.54, 1.807) is 0 Å². The van der Waals surface area contributed by atoms with Crippen molar-refractivity contribution in [2.45, 2.75) is 50.5 Å². The fourth-order valence-corrected chi connectivity index (χ4v) is 4.17. The van der Waals surface area contributed by atoms with Gasteiger partial charge in [-0.15, -0.1) is 0 Å². The SMILES string of the molecule is C=CC(=O)OCCCCOc1ccc(C#Cc2ccc(C3CCC(OC(=O)COC(=O)C=C)CC3)cc2)cc1. The van der Waals surface area contributed by atoms with Gasteiger partial charge in [0.25, 0.3) is 0 Å². The first-order chi connectivity index (χ1) is 19.0. The van der Waals surface area contributed by atoms with Crippen LogP contribution >= 0.6 is 0 Å². The average Bonchev–Trinajstić information content (AvgIpc) is 2.97. The van der Waals surface area contributed by atoms with Crippen LogP contribution in [-0.2, 0) is 28.6 Å². The normalized spacial score (nSPS) is 16.1. The molecule has 1 fully saturated rings. The third kappa shape index (κ3) is 10.5. The van der Waals surface area contributed by atoms with Gasteiger partial charge in [-0.25, -0.2) is 14.4 Å². The quantitative estimate of drug-likeness (QED) is 0.121. The second-order valence-electron chi connectivity index (χ2n) is 9.10. The van der Waals surface area contributed by atoms with Crippen molar-refractivity contribution in [3.63, 3.8) is 0 Å².